The Hall–Kier alpha value is -2.14. The Kier molecular flexibility index (Phi) is 2.83. The van der Waals surface area contributed by atoms with Crippen molar-refractivity contribution in [2.75, 3.05) is 0 Å². The van der Waals surface area contributed by atoms with Crippen LogP contribution in [0.25, 0.3) is 11.0 Å². The minimum atomic E-state index is 0.415. The second kappa shape index (κ2) is 4.51. The molecule has 2 aromatic heterocycles. The van der Waals surface area contributed by atoms with Crippen molar-refractivity contribution in [3.05, 3.63) is 47.1 Å². The summed E-state index contributed by atoms with van der Waals surface area (Å²) in [5, 5.41) is 3.99. The van der Waals surface area contributed by atoms with Gasteiger partial charge in [-0.15, -0.1) is 0 Å². The lowest BCUT2D eigenvalue weighted by Crippen LogP contribution is -2.10. The normalized spacial score (nSPS) is 11.3. The molecule has 1 aromatic carbocycles. The van der Waals surface area contributed by atoms with E-state index in [1.54, 1.807) is 0 Å². The summed E-state index contributed by atoms with van der Waals surface area (Å²) in [5.74, 6) is 1.72. The highest BCUT2D eigenvalue weighted by Gasteiger charge is 2.14. The van der Waals surface area contributed by atoms with Gasteiger partial charge in [-0.2, -0.15) is 0 Å². The van der Waals surface area contributed by atoms with Gasteiger partial charge in [-0.25, -0.2) is 4.98 Å². The first-order valence-corrected chi connectivity index (χ1v) is 6.26. The van der Waals surface area contributed by atoms with Crippen LogP contribution in [0.3, 0.4) is 0 Å². The molecule has 5 nitrogen and oxygen atoms in total. The maximum atomic E-state index is 5.80. The average Bonchev–Trinajstić information content (AvgIpc) is 2.94. The van der Waals surface area contributed by atoms with E-state index >= 15 is 0 Å². The summed E-state index contributed by atoms with van der Waals surface area (Å²) in [5.41, 5.74) is 9.86. The first-order chi connectivity index (χ1) is 9.20. The van der Waals surface area contributed by atoms with Crippen molar-refractivity contribution in [2.24, 2.45) is 5.73 Å². The minimum absolute atomic E-state index is 0.415. The van der Waals surface area contributed by atoms with Crippen LogP contribution >= 0.6 is 0 Å². The summed E-state index contributed by atoms with van der Waals surface area (Å²) < 4.78 is 7.34. The van der Waals surface area contributed by atoms with Gasteiger partial charge in [0, 0.05) is 5.56 Å². The summed E-state index contributed by atoms with van der Waals surface area (Å²) in [6, 6.07) is 8.04. The third-order valence-corrected chi connectivity index (χ3v) is 3.41. The van der Waals surface area contributed by atoms with Crippen LogP contribution in [0.1, 0.15) is 22.8 Å². The number of imidazole rings is 1. The largest absolute Gasteiger partial charge is 0.361 e. The van der Waals surface area contributed by atoms with E-state index in [0.29, 0.717) is 13.1 Å². The van der Waals surface area contributed by atoms with E-state index in [4.69, 9.17) is 10.3 Å². The van der Waals surface area contributed by atoms with E-state index in [1.165, 1.54) is 0 Å². The molecule has 3 aromatic rings. The van der Waals surface area contributed by atoms with E-state index in [0.717, 1.165) is 33.9 Å². The second-order valence-electron chi connectivity index (χ2n) is 4.61. The zero-order valence-electron chi connectivity index (χ0n) is 11.1. The number of nitrogens with zero attached hydrogens (tertiary/aromatic N) is 3. The predicted molar refractivity (Wildman–Crippen MR) is 72.7 cm³/mol. The van der Waals surface area contributed by atoms with Crippen LogP contribution in [0.4, 0.5) is 0 Å². The van der Waals surface area contributed by atoms with E-state index in [1.807, 2.05) is 32.0 Å². The molecule has 0 spiro atoms. The highest BCUT2D eigenvalue weighted by atomic mass is 16.5. The molecule has 0 unspecified atom stereocenters. The molecule has 19 heavy (non-hydrogen) atoms. The fourth-order valence-corrected chi connectivity index (χ4v) is 2.34. The lowest BCUT2D eigenvalue weighted by atomic mass is 10.2. The van der Waals surface area contributed by atoms with Crippen molar-refractivity contribution < 1.29 is 4.52 Å². The van der Waals surface area contributed by atoms with Crippen LogP contribution in [-0.2, 0) is 13.1 Å². The molecule has 0 amide bonds. The number of rotatable bonds is 3. The number of nitrogens with two attached hydrogens (primary N) is 1. The molecular formula is C14H16N4O. The van der Waals surface area contributed by atoms with Gasteiger partial charge < -0.3 is 14.8 Å². The van der Waals surface area contributed by atoms with Crippen LogP contribution in [0.5, 0.6) is 0 Å². The number of para-hydroxylation sites is 2. The SMILES string of the molecule is Cc1noc(C)c1Cn1c(CN)nc2ccccc21. The van der Waals surface area contributed by atoms with Gasteiger partial charge in [0.25, 0.3) is 0 Å². The maximum Gasteiger partial charge on any atom is 0.138 e. The van der Waals surface area contributed by atoms with Gasteiger partial charge in [-0.1, -0.05) is 17.3 Å². The smallest absolute Gasteiger partial charge is 0.138 e. The molecule has 3 rings (SSSR count). The lowest BCUT2D eigenvalue weighted by Gasteiger charge is -2.07. The highest BCUT2D eigenvalue weighted by molar-refractivity contribution is 5.76. The fraction of sp³-hybridized carbons (Fsp3) is 0.286. The Morgan fingerprint density at radius 3 is 2.74 bits per heavy atom. The molecule has 0 aliphatic heterocycles. The predicted octanol–water partition coefficient (Wildman–Crippen LogP) is 2.15. The third-order valence-electron chi connectivity index (χ3n) is 3.41. The van der Waals surface area contributed by atoms with Crippen molar-refractivity contribution in [2.45, 2.75) is 26.9 Å². The van der Waals surface area contributed by atoms with E-state index in [-0.39, 0.29) is 0 Å². The van der Waals surface area contributed by atoms with Gasteiger partial charge in [0.15, 0.2) is 0 Å². The topological polar surface area (TPSA) is 69.9 Å². The van der Waals surface area contributed by atoms with Crippen LogP contribution in [0.2, 0.25) is 0 Å². The van der Waals surface area contributed by atoms with Crippen molar-refractivity contribution in [1.82, 2.24) is 14.7 Å². The highest BCUT2D eigenvalue weighted by Crippen LogP contribution is 2.20. The monoisotopic (exact) mass is 256 g/mol. The molecule has 98 valence electrons. The number of aromatic nitrogens is 3. The molecule has 0 aliphatic rings. The molecule has 2 N–H and O–H groups in total. The average molecular weight is 256 g/mol. The van der Waals surface area contributed by atoms with Gasteiger partial charge in [0.05, 0.1) is 29.8 Å². The molecule has 0 saturated heterocycles. The van der Waals surface area contributed by atoms with Gasteiger partial charge in [-0.3, -0.25) is 0 Å². The first-order valence-electron chi connectivity index (χ1n) is 6.26. The summed E-state index contributed by atoms with van der Waals surface area (Å²) in [6.07, 6.45) is 0. The van der Waals surface area contributed by atoms with Crippen molar-refractivity contribution >= 4 is 11.0 Å². The van der Waals surface area contributed by atoms with E-state index in [9.17, 15) is 0 Å². The lowest BCUT2D eigenvalue weighted by molar-refractivity contribution is 0.392. The summed E-state index contributed by atoms with van der Waals surface area (Å²) in [4.78, 5) is 4.56. The Labute approximate surface area is 111 Å². The van der Waals surface area contributed by atoms with Crippen LogP contribution in [0, 0.1) is 13.8 Å². The molecule has 0 radical (unpaired) electrons. The summed E-state index contributed by atoms with van der Waals surface area (Å²) >= 11 is 0. The number of hydrogen-bond acceptors (Lipinski definition) is 4. The maximum absolute atomic E-state index is 5.80. The molecule has 5 heteroatoms. The number of fused-ring (bicyclic) bond motifs is 1. The summed E-state index contributed by atoms with van der Waals surface area (Å²) in [6.45, 7) is 4.98. The summed E-state index contributed by atoms with van der Waals surface area (Å²) in [7, 11) is 0. The van der Waals surface area contributed by atoms with Crippen LogP contribution in [0.15, 0.2) is 28.8 Å². The van der Waals surface area contributed by atoms with Crippen molar-refractivity contribution in [3.8, 4) is 0 Å². The van der Waals surface area contributed by atoms with E-state index in [2.05, 4.69) is 20.8 Å². The standard InChI is InChI=1S/C14H16N4O/c1-9-11(10(2)19-17-9)8-18-13-6-4-3-5-12(13)16-14(18)7-15/h3-6H,7-8,15H2,1-2H3. The van der Waals surface area contributed by atoms with Crippen molar-refractivity contribution in [1.29, 1.82) is 0 Å². The van der Waals surface area contributed by atoms with Gasteiger partial charge in [-0.05, 0) is 26.0 Å². The molecule has 2 heterocycles. The van der Waals surface area contributed by atoms with Gasteiger partial charge in [0.1, 0.15) is 11.6 Å². The minimum Gasteiger partial charge on any atom is -0.361 e. The molecule has 0 saturated carbocycles. The van der Waals surface area contributed by atoms with Gasteiger partial charge >= 0.3 is 0 Å². The Balaban J connectivity index is 2.14. The number of hydrogen-bond donors (Lipinski definition) is 1. The molecule has 0 fully saturated rings. The molecular weight excluding hydrogens is 240 g/mol. The zero-order valence-corrected chi connectivity index (χ0v) is 11.1. The number of aryl methyl sites for hydroxylation is 2. The third kappa shape index (κ3) is 1.92. The molecule has 0 bridgehead atoms. The van der Waals surface area contributed by atoms with Crippen LogP contribution < -0.4 is 5.73 Å². The Morgan fingerprint density at radius 1 is 1.26 bits per heavy atom. The van der Waals surface area contributed by atoms with E-state index < -0.39 is 0 Å². The quantitative estimate of drug-likeness (QED) is 0.779. The zero-order chi connectivity index (χ0) is 13.4. The Bertz CT molecular complexity index is 707. The molecule has 0 aliphatic carbocycles. The second-order valence-corrected chi connectivity index (χ2v) is 4.61. The van der Waals surface area contributed by atoms with Crippen LogP contribution in [-0.4, -0.2) is 14.7 Å². The fourth-order valence-electron chi connectivity index (χ4n) is 2.34. The Morgan fingerprint density at radius 2 is 2.05 bits per heavy atom. The van der Waals surface area contributed by atoms with Crippen molar-refractivity contribution in [3.63, 3.8) is 0 Å². The number of benzene rings is 1. The first kappa shape index (κ1) is 11.9. The van der Waals surface area contributed by atoms with Gasteiger partial charge in [0.2, 0.25) is 0 Å². The molecule has 0 atom stereocenters.